The van der Waals surface area contributed by atoms with E-state index in [2.05, 4.69) is 17.2 Å². The molecule has 16 heavy (non-hydrogen) atoms. The second-order valence-electron chi connectivity index (χ2n) is 3.88. The van der Waals surface area contributed by atoms with Crippen molar-refractivity contribution in [2.75, 3.05) is 26.2 Å². The van der Waals surface area contributed by atoms with Crippen LogP contribution in [0.5, 0.6) is 0 Å². The number of rotatable bonds is 3. The molecular formula is C11H17N3OS. The van der Waals surface area contributed by atoms with Crippen LogP contribution < -0.4 is 5.32 Å². The highest BCUT2D eigenvalue weighted by atomic mass is 32.1. The number of nitrogens with one attached hydrogen (secondary N) is 1. The highest BCUT2D eigenvalue weighted by Crippen LogP contribution is 2.14. The molecule has 4 nitrogen and oxygen atoms in total. The lowest BCUT2D eigenvalue weighted by Crippen LogP contribution is -2.46. The van der Waals surface area contributed by atoms with Crippen molar-refractivity contribution in [2.24, 2.45) is 0 Å². The molecule has 0 saturated carbocycles. The standard InChI is InChI=1S/C11H17N3OS/c1-2-9-8-13-10(16-9)7-11(15)14-5-3-12-4-6-14/h8,12H,2-7H2,1H3. The molecule has 1 amide bonds. The van der Waals surface area contributed by atoms with Gasteiger partial charge in [-0.25, -0.2) is 4.98 Å². The van der Waals surface area contributed by atoms with Gasteiger partial charge in [-0.3, -0.25) is 4.79 Å². The summed E-state index contributed by atoms with van der Waals surface area (Å²) in [7, 11) is 0. The molecule has 0 bridgehead atoms. The first-order valence-corrected chi connectivity index (χ1v) is 6.53. The monoisotopic (exact) mass is 239 g/mol. The van der Waals surface area contributed by atoms with E-state index in [1.54, 1.807) is 11.3 Å². The fourth-order valence-electron chi connectivity index (χ4n) is 1.75. The third-order valence-corrected chi connectivity index (χ3v) is 3.86. The van der Waals surface area contributed by atoms with E-state index in [0.29, 0.717) is 6.42 Å². The number of thiazole rings is 1. The second kappa shape index (κ2) is 5.41. The van der Waals surface area contributed by atoms with Crippen molar-refractivity contribution in [2.45, 2.75) is 19.8 Å². The third-order valence-electron chi connectivity index (χ3n) is 2.72. The molecule has 0 spiro atoms. The van der Waals surface area contributed by atoms with Crippen molar-refractivity contribution < 1.29 is 4.79 Å². The number of amides is 1. The Morgan fingerprint density at radius 1 is 1.56 bits per heavy atom. The van der Waals surface area contributed by atoms with E-state index in [-0.39, 0.29) is 5.91 Å². The summed E-state index contributed by atoms with van der Waals surface area (Å²) in [5.41, 5.74) is 0. The van der Waals surface area contributed by atoms with Crippen LogP contribution in [0.1, 0.15) is 16.8 Å². The lowest BCUT2D eigenvalue weighted by atomic mass is 10.3. The van der Waals surface area contributed by atoms with Gasteiger partial charge < -0.3 is 10.2 Å². The minimum Gasteiger partial charge on any atom is -0.340 e. The summed E-state index contributed by atoms with van der Waals surface area (Å²) >= 11 is 1.65. The normalized spacial score (nSPS) is 16.4. The Bertz CT molecular complexity index is 358. The summed E-state index contributed by atoms with van der Waals surface area (Å²) in [5, 5.41) is 4.18. The van der Waals surface area contributed by atoms with Crippen molar-refractivity contribution >= 4 is 17.2 Å². The van der Waals surface area contributed by atoms with Gasteiger partial charge in [-0.1, -0.05) is 6.92 Å². The van der Waals surface area contributed by atoms with Crippen LogP contribution in [-0.2, 0) is 17.6 Å². The van der Waals surface area contributed by atoms with Gasteiger partial charge in [0.05, 0.1) is 6.42 Å². The first-order valence-electron chi connectivity index (χ1n) is 5.71. The minimum atomic E-state index is 0.207. The highest BCUT2D eigenvalue weighted by molar-refractivity contribution is 7.11. The Kier molecular flexibility index (Phi) is 3.90. The molecule has 1 saturated heterocycles. The lowest BCUT2D eigenvalue weighted by Gasteiger charge is -2.27. The Balaban J connectivity index is 1.90. The number of hydrogen-bond donors (Lipinski definition) is 1. The maximum Gasteiger partial charge on any atom is 0.229 e. The smallest absolute Gasteiger partial charge is 0.229 e. The summed E-state index contributed by atoms with van der Waals surface area (Å²) < 4.78 is 0. The number of carbonyl (C=O) groups is 1. The predicted molar refractivity (Wildman–Crippen MR) is 64.6 cm³/mol. The molecule has 1 aliphatic heterocycles. The minimum absolute atomic E-state index is 0.207. The lowest BCUT2D eigenvalue weighted by molar-refractivity contribution is -0.131. The molecule has 2 heterocycles. The van der Waals surface area contributed by atoms with E-state index < -0.39 is 0 Å². The molecule has 0 unspecified atom stereocenters. The molecule has 1 aliphatic rings. The summed E-state index contributed by atoms with van der Waals surface area (Å²) in [5.74, 6) is 0.207. The molecule has 5 heteroatoms. The molecular weight excluding hydrogens is 222 g/mol. The Morgan fingerprint density at radius 2 is 2.31 bits per heavy atom. The summed E-state index contributed by atoms with van der Waals surface area (Å²) in [6, 6.07) is 0. The molecule has 88 valence electrons. The van der Waals surface area contributed by atoms with Crippen LogP contribution in [0.15, 0.2) is 6.20 Å². The summed E-state index contributed by atoms with van der Waals surface area (Å²) in [6.45, 7) is 5.57. The number of aryl methyl sites for hydroxylation is 1. The molecule has 1 N–H and O–H groups in total. The molecule has 0 atom stereocenters. The largest absolute Gasteiger partial charge is 0.340 e. The maximum absolute atomic E-state index is 11.9. The van der Waals surface area contributed by atoms with Gasteiger partial charge in [-0.05, 0) is 6.42 Å². The zero-order valence-electron chi connectivity index (χ0n) is 9.53. The van der Waals surface area contributed by atoms with Gasteiger partial charge in [0.15, 0.2) is 0 Å². The van der Waals surface area contributed by atoms with Gasteiger partial charge in [0.1, 0.15) is 5.01 Å². The quantitative estimate of drug-likeness (QED) is 0.843. The van der Waals surface area contributed by atoms with E-state index >= 15 is 0 Å². The Morgan fingerprint density at radius 3 is 2.94 bits per heavy atom. The van der Waals surface area contributed by atoms with E-state index in [0.717, 1.165) is 37.6 Å². The van der Waals surface area contributed by atoms with Crippen molar-refractivity contribution in [3.05, 3.63) is 16.1 Å². The van der Waals surface area contributed by atoms with Gasteiger partial charge in [-0.2, -0.15) is 0 Å². The van der Waals surface area contributed by atoms with E-state index in [9.17, 15) is 4.79 Å². The number of piperazine rings is 1. The maximum atomic E-state index is 11.9. The van der Waals surface area contributed by atoms with Crippen LogP contribution in [0.4, 0.5) is 0 Å². The first-order chi connectivity index (χ1) is 7.79. The molecule has 2 rings (SSSR count). The van der Waals surface area contributed by atoms with Gasteiger partial charge in [0, 0.05) is 37.3 Å². The zero-order chi connectivity index (χ0) is 11.4. The number of carbonyl (C=O) groups excluding carboxylic acids is 1. The van der Waals surface area contributed by atoms with Crippen LogP contribution in [0.25, 0.3) is 0 Å². The van der Waals surface area contributed by atoms with Crippen molar-refractivity contribution in [3.8, 4) is 0 Å². The summed E-state index contributed by atoms with van der Waals surface area (Å²) in [6.07, 6.45) is 3.34. The zero-order valence-corrected chi connectivity index (χ0v) is 10.3. The molecule has 1 aromatic rings. The van der Waals surface area contributed by atoms with Crippen LogP contribution in [0.3, 0.4) is 0 Å². The Hall–Kier alpha value is -0.940. The first kappa shape index (κ1) is 11.5. The van der Waals surface area contributed by atoms with Crippen LogP contribution in [-0.4, -0.2) is 42.0 Å². The fraction of sp³-hybridized carbons (Fsp3) is 0.636. The SMILES string of the molecule is CCc1cnc(CC(=O)N2CCNCC2)s1. The molecule has 0 aliphatic carbocycles. The van der Waals surface area contributed by atoms with Gasteiger partial charge in [0.25, 0.3) is 0 Å². The predicted octanol–water partition coefficient (Wildman–Crippen LogP) is 0.680. The molecule has 0 aromatic carbocycles. The second-order valence-corrected chi connectivity index (χ2v) is 5.08. The average Bonchev–Trinajstić information content (AvgIpc) is 2.78. The van der Waals surface area contributed by atoms with Crippen LogP contribution in [0.2, 0.25) is 0 Å². The number of aromatic nitrogens is 1. The molecule has 0 radical (unpaired) electrons. The van der Waals surface area contributed by atoms with Gasteiger partial charge in [0.2, 0.25) is 5.91 Å². The number of nitrogens with zero attached hydrogens (tertiary/aromatic N) is 2. The Labute approximate surface area is 99.7 Å². The third kappa shape index (κ3) is 2.80. The highest BCUT2D eigenvalue weighted by Gasteiger charge is 2.17. The van der Waals surface area contributed by atoms with Crippen LogP contribution >= 0.6 is 11.3 Å². The van der Waals surface area contributed by atoms with E-state index in [1.165, 1.54) is 4.88 Å². The topological polar surface area (TPSA) is 45.2 Å². The average molecular weight is 239 g/mol. The van der Waals surface area contributed by atoms with Crippen LogP contribution in [0, 0.1) is 0 Å². The molecule has 1 aromatic heterocycles. The summed E-state index contributed by atoms with van der Waals surface area (Å²) in [4.78, 5) is 19.4. The van der Waals surface area contributed by atoms with Gasteiger partial charge in [-0.15, -0.1) is 11.3 Å². The number of hydrogen-bond acceptors (Lipinski definition) is 4. The van der Waals surface area contributed by atoms with Crippen molar-refractivity contribution in [1.82, 2.24) is 15.2 Å². The molecule has 1 fully saturated rings. The van der Waals surface area contributed by atoms with E-state index in [4.69, 9.17) is 0 Å². The van der Waals surface area contributed by atoms with Crippen molar-refractivity contribution in [1.29, 1.82) is 0 Å². The van der Waals surface area contributed by atoms with Crippen molar-refractivity contribution in [3.63, 3.8) is 0 Å². The van der Waals surface area contributed by atoms with E-state index in [1.807, 2.05) is 11.1 Å². The van der Waals surface area contributed by atoms with Gasteiger partial charge >= 0.3 is 0 Å². The fourth-order valence-corrected chi connectivity index (χ4v) is 2.60.